The van der Waals surface area contributed by atoms with Gasteiger partial charge in [0.25, 0.3) is 5.91 Å². The summed E-state index contributed by atoms with van der Waals surface area (Å²) in [6.07, 6.45) is -0.380. The lowest BCUT2D eigenvalue weighted by molar-refractivity contribution is -0.142. The van der Waals surface area contributed by atoms with E-state index in [-0.39, 0.29) is 22.6 Å². The molecule has 3 atom stereocenters. The van der Waals surface area contributed by atoms with Crippen molar-refractivity contribution in [2.45, 2.75) is 24.4 Å². The standard InChI is InChI=1S/C14H15N5O6S2/c1-4-5-2-26-11(18-7(5)13(23)25-4)9(12(21)22)17-10(20)8(19-24)6-3-27-14(15)16-6/h3-4,9,11,18,24H,2H2,1H3,(H2,15,16)(H,17,20)(H,21,22)/b19-8+/t4?,9-,11+/m0/s1. The number of anilines is 1. The number of aromatic nitrogens is 1. The Balaban J connectivity index is 1.77. The predicted molar refractivity (Wildman–Crippen MR) is 96.4 cm³/mol. The smallest absolute Gasteiger partial charge is 0.355 e. The van der Waals surface area contributed by atoms with Crippen molar-refractivity contribution in [3.8, 4) is 0 Å². The van der Waals surface area contributed by atoms with Gasteiger partial charge < -0.3 is 31.4 Å². The van der Waals surface area contributed by atoms with Crippen LogP contribution in [0, 0.1) is 0 Å². The molecule has 27 heavy (non-hydrogen) atoms. The van der Waals surface area contributed by atoms with Crippen molar-refractivity contribution < 1.29 is 29.4 Å². The second kappa shape index (κ2) is 7.44. The maximum absolute atomic E-state index is 12.4. The van der Waals surface area contributed by atoms with Gasteiger partial charge in [-0.25, -0.2) is 14.6 Å². The van der Waals surface area contributed by atoms with Gasteiger partial charge in [0, 0.05) is 16.7 Å². The van der Waals surface area contributed by atoms with Crippen LogP contribution in [0.3, 0.4) is 0 Å². The number of aliphatic carboxylic acids is 1. The number of carboxylic acid groups (broad SMARTS) is 1. The first kappa shape index (κ1) is 19.0. The molecule has 0 radical (unpaired) electrons. The Hall–Kier alpha value is -2.80. The van der Waals surface area contributed by atoms with E-state index in [1.165, 1.54) is 17.1 Å². The highest BCUT2D eigenvalue weighted by Gasteiger charge is 2.41. The largest absolute Gasteiger partial charge is 0.480 e. The molecule has 0 saturated carbocycles. The molecule has 0 fully saturated rings. The van der Waals surface area contributed by atoms with Gasteiger partial charge >= 0.3 is 11.9 Å². The van der Waals surface area contributed by atoms with E-state index in [0.29, 0.717) is 5.75 Å². The summed E-state index contributed by atoms with van der Waals surface area (Å²) in [5.41, 5.74) is 6.00. The van der Waals surface area contributed by atoms with Crippen LogP contribution in [0.25, 0.3) is 0 Å². The lowest BCUT2D eigenvalue weighted by Crippen LogP contribution is -2.55. The van der Waals surface area contributed by atoms with Gasteiger partial charge in [0.2, 0.25) is 0 Å². The molecule has 1 aromatic rings. The molecule has 2 aliphatic rings. The summed E-state index contributed by atoms with van der Waals surface area (Å²) in [6, 6.07) is -1.41. The zero-order chi connectivity index (χ0) is 19.7. The summed E-state index contributed by atoms with van der Waals surface area (Å²) in [6.45, 7) is 1.73. The minimum atomic E-state index is -1.41. The van der Waals surface area contributed by atoms with Crippen LogP contribution in [-0.4, -0.2) is 62.1 Å². The van der Waals surface area contributed by atoms with E-state index in [2.05, 4.69) is 20.8 Å². The second-order valence-electron chi connectivity index (χ2n) is 5.63. The number of rotatable bonds is 5. The number of nitrogen functional groups attached to an aromatic ring is 1. The first-order valence-electron chi connectivity index (χ1n) is 7.61. The number of nitrogens with one attached hydrogen (secondary N) is 2. The van der Waals surface area contributed by atoms with Crippen molar-refractivity contribution in [2.24, 2.45) is 5.16 Å². The third kappa shape index (κ3) is 3.68. The van der Waals surface area contributed by atoms with Gasteiger partial charge in [-0.1, -0.05) is 5.16 Å². The monoisotopic (exact) mass is 413 g/mol. The average molecular weight is 413 g/mol. The topological polar surface area (TPSA) is 176 Å². The molecule has 0 spiro atoms. The molecule has 13 heteroatoms. The highest BCUT2D eigenvalue weighted by Crippen LogP contribution is 2.32. The molecule has 1 amide bonds. The van der Waals surface area contributed by atoms with Gasteiger partial charge in [-0.15, -0.1) is 23.1 Å². The Morgan fingerprint density at radius 1 is 1.56 bits per heavy atom. The quantitative estimate of drug-likeness (QED) is 0.180. The van der Waals surface area contributed by atoms with Crippen LogP contribution in [0.5, 0.6) is 0 Å². The highest BCUT2D eigenvalue weighted by molar-refractivity contribution is 8.00. The van der Waals surface area contributed by atoms with Gasteiger partial charge in [0.15, 0.2) is 16.9 Å². The number of carboxylic acids is 1. The molecule has 1 unspecified atom stereocenters. The number of hydrogen-bond donors (Lipinski definition) is 5. The number of nitrogens with two attached hydrogens (primary N) is 1. The molecule has 0 aromatic carbocycles. The Morgan fingerprint density at radius 3 is 2.89 bits per heavy atom. The summed E-state index contributed by atoms with van der Waals surface area (Å²) in [5.74, 6) is -2.45. The number of amides is 1. The van der Waals surface area contributed by atoms with Crippen molar-refractivity contribution in [1.82, 2.24) is 15.6 Å². The Labute approximate surface area is 160 Å². The zero-order valence-corrected chi connectivity index (χ0v) is 15.5. The summed E-state index contributed by atoms with van der Waals surface area (Å²) in [7, 11) is 0. The van der Waals surface area contributed by atoms with Crippen LogP contribution in [0.1, 0.15) is 12.6 Å². The van der Waals surface area contributed by atoms with E-state index in [0.717, 1.165) is 16.9 Å². The van der Waals surface area contributed by atoms with E-state index in [1.807, 2.05) is 0 Å². The molecule has 0 bridgehead atoms. The van der Waals surface area contributed by atoms with E-state index >= 15 is 0 Å². The molecule has 3 rings (SSSR count). The summed E-state index contributed by atoms with van der Waals surface area (Å²) in [4.78, 5) is 39.8. The Kier molecular flexibility index (Phi) is 5.23. The molecule has 144 valence electrons. The van der Waals surface area contributed by atoms with Gasteiger partial charge in [0.1, 0.15) is 22.9 Å². The SMILES string of the molecule is CC1OC(=O)C2=C1CS[C@H]([C@H](NC(=O)/C(=N/O)c1csc(N)n1)C(=O)O)N2. The van der Waals surface area contributed by atoms with Crippen LogP contribution >= 0.6 is 23.1 Å². The van der Waals surface area contributed by atoms with Crippen molar-refractivity contribution in [1.29, 1.82) is 0 Å². The number of ether oxygens (including phenoxy) is 1. The van der Waals surface area contributed by atoms with E-state index < -0.39 is 35.0 Å². The lowest BCUT2D eigenvalue weighted by atomic mass is 10.1. The normalized spacial score (nSPS) is 23.3. The van der Waals surface area contributed by atoms with Crippen LogP contribution in [-0.2, 0) is 19.1 Å². The predicted octanol–water partition coefficient (Wildman–Crippen LogP) is -0.665. The first-order chi connectivity index (χ1) is 12.8. The maximum atomic E-state index is 12.4. The minimum absolute atomic E-state index is 0.0177. The van der Waals surface area contributed by atoms with Crippen LogP contribution < -0.4 is 16.4 Å². The summed E-state index contributed by atoms with van der Waals surface area (Å²) >= 11 is 2.24. The molecule has 1 aromatic heterocycles. The number of carbonyl (C=O) groups excluding carboxylic acids is 2. The number of nitrogens with zero attached hydrogens (tertiary/aromatic N) is 2. The number of cyclic esters (lactones) is 1. The molecular weight excluding hydrogens is 398 g/mol. The highest BCUT2D eigenvalue weighted by atomic mass is 32.2. The van der Waals surface area contributed by atoms with Gasteiger partial charge in [0.05, 0.1) is 0 Å². The third-order valence-electron chi connectivity index (χ3n) is 3.94. The Bertz CT molecular complexity index is 866. The fraction of sp³-hybridized carbons (Fsp3) is 0.357. The molecular formula is C14H15N5O6S2. The van der Waals surface area contributed by atoms with Gasteiger partial charge in [-0.3, -0.25) is 4.79 Å². The molecule has 0 saturated heterocycles. The van der Waals surface area contributed by atoms with Crippen LogP contribution in [0.15, 0.2) is 21.8 Å². The van der Waals surface area contributed by atoms with Crippen LogP contribution in [0.4, 0.5) is 5.13 Å². The van der Waals surface area contributed by atoms with E-state index in [1.54, 1.807) is 6.92 Å². The molecule has 2 aliphatic heterocycles. The molecule has 11 nitrogen and oxygen atoms in total. The molecule has 6 N–H and O–H groups in total. The first-order valence-corrected chi connectivity index (χ1v) is 9.54. The summed E-state index contributed by atoms with van der Waals surface area (Å²) in [5, 5.41) is 27.4. The number of thioether (sulfide) groups is 1. The fourth-order valence-electron chi connectivity index (χ4n) is 2.60. The number of hydrogen-bond acceptors (Lipinski definition) is 11. The number of thiazole rings is 1. The second-order valence-corrected chi connectivity index (χ2v) is 7.65. The lowest BCUT2D eigenvalue weighted by Gasteiger charge is -2.29. The fourth-order valence-corrected chi connectivity index (χ4v) is 4.46. The van der Waals surface area contributed by atoms with Crippen molar-refractivity contribution in [3.63, 3.8) is 0 Å². The van der Waals surface area contributed by atoms with Crippen molar-refractivity contribution in [2.75, 3.05) is 11.5 Å². The van der Waals surface area contributed by atoms with Crippen molar-refractivity contribution in [3.05, 3.63) is 22.3 Å². The van der Waals surface area contributed by atoms with E-state index in [9.17, 15) is 19.5 Å². The number of carbonyl (C=O) groups is 3. The maximum Gasteiger partial charge on any atom is 0.355 e. The number of oxime groups is 1. The van der Waals surface area contributed by atoms with Crippen molar-refractivity contribution >= 4 is 51.8 Å². The zero-order valence-electron chi connectivity index (χ0n) is 13.8. The van der Waals surface area contributed by atoms with E-state index in [4.69, 9.17) is 15.7 Å². The van der Waals surface area contributed by atoms with Gasteiger partial charge in [-0.2, -0.15) is 0 Å². The van der Waals surface area contributed by atoms with Crippen LogP contribution in [0.2, 0.25) is 0 Å². The molecule has 0 aliphatic carbocycles. The minimum Gasteiger partial charge on any atom is -0.480 e. The molecule has 3 heterocycles. The van der Waals surface area contributed by atoms with Gasteiger partial charge in [-0.05, 0) is 6.92 Å². The number of esters is 1. The summed E-state index contributed by atoms with van der Waals surface area (Å²) < 4.78 is 5.10. The third-order valence-corrected chi connectivity index (χ3v) is 5.84. The average Bonchev–Trinajstić information content (AvgIpc) is 3.16. The Morgan fingerprint density at radius 2 is 2.30 bits per heavy atom.